The van der Waals surface area contributed by atoms with Crippen LogP contribution in [0.2, 0.25) is 0 Å². The van der Waals surface area contributed by atoms with E-state index >= 15 is 0 Å². The van der Waals surface area contributed by atoms with Crippen molar-refractivity contribution in [3.8, 4) is 0 Å². The number of carbonyl (C=O) groups is 1. The Kier molecular flexibility index (Phi) is 4.80. The summed E-state index contributed by atoms with van der Waals surface area (Å²) in [7, 11) is 0. The average Bonchev–Trinajstić information content (AvgIpc) is 2.57. The van der Waals surface area contributed by atoms with Crippen LogP contribution in [0.1, 0.15) is 28.5 Å². The van der Waals surface area contributed by atoms with Gasteiger partial charge >= 0.3 is 6.18 Å². The molecule has 1 unspecified atom stereocenters. The van der Waals surface area contributed by atoms with Crippen LogP contribution in [0.5, 0.6) is 0 Å². The lowest BCUT2D eigenvalue weighted by atomic mass is 10.1. The maximum absolute atomic E-state index is 12.7. The Morgan fingerprint density at radius 3 is 2.58 bits per heavy atom. The van der Waals surface area contributed by atoms with Crippen molar-refractivity contribution in [3.05, 3.63) is 65.5 Å². The number of aromatic nitrogens is 1. The Morgan fingerprint density at radius 1 is 1.21 bits per heavy atom. The molecule has 1 fully saturated rings. The van der Waals surface area contributed by atoms with Gasteiger partial charge < -0.3 is 4.90 Å². The normalized spacial score (nSPS) is 18.7. The molecule has 1 saturated heterocycles. The SMILES string of the molecule is O=C1CCSC(c2ccc(C(F)(F)F)cc2)N1Cc1cccnc1. The predicted molar refractivity (Wildman–Crippen MR) is 86.0 cm³/mol. The van der Waals surface area contributed by atoms with Crippen LogP contribution in [-0.4, -0.2) is 21.5 Å². The summed E-state index contributed by atoms with van der Waals surface area (Å²) < 4.78 is 38.1. The molecular weight excluding hydrogens is 337 g/mol. The fourth-order valence-corrected chi connectivity index (χ4v) is 3.83. The first-order valence-corrected chi connectivity index (χ1v) is 8.47. The van der Waals surface area contributed by atoms with E-state index in [0.29, 0.717) is 24.3 Å². The van der Waals surface area contributed by atoms with Crippen LogP contribution in [0, 0.1) is 0 Å². The molecule has 1 aliphatic heterocycles. The zero-order valence-electron chi connectivity index (χ0n) is 12.7. The summed E-state index contributed by atoms with van der Waals surface area (Å²) in [6.07, 6.45) is -0.578. The van der Waals surface area contributed by atoms with Crippen LogP contribution in [0.25, 0.3) is 0 Å². The predicted octanol–water partition coefficient (Wildman–Crippen LogP) is 4.26. The molecular formula is C17H15F3N2OS. The first kappa shape index (κ1) is 16.8. The second kappa shape index (κ2) is 6.84. The fraction of sp³-hybridized carbons (Fsp3) is 0.294. The maximum Gasteiger partial charge on any atom is 0.416 e. The van der Waals surface area contributed by atoms with Gasteiger partial charge in [-0.05, 0) is 29.3 Å². The number of hydrogen-bond donors (Lipinski definition) is 0. The van der Waals surface area contributed by atoms with Crippen molar-refractivity contribution in [1.82, 2.24) is 9.88 Å². The highest BCUT2D eigenvalue weighted by molar-refractivity contribution is 7.99. The number of hydrogen-bond acceptors (Lipinski definition) is 3. The van der Waals surface area contributed by atoms with Gasteiger partial charge in [-0.3, -0.25) is 9.78 Å². The number of carbonyl (C=O) groups excluding carboxylic acids is 1. The zero-order valence-corrected chi connectivity index (χ0v) is 13.5. The molecule has 1 aromatic carbocycles. The molecule has 0 N–H and O–H groups in total. The van der Waals surface area contributed by atoms with Crippen molar-refractivity contribution in [2.45, 2.75) is 24.5 Å². The van der Waals surface area contributed by atoms with Gasteiger partial charge in [-0.15, -0.1) is 11.8 Å². The summed E-state index contributed by atoms with van der Waals surface area (Å²) in [6.45, 7) is 0.394. The molecule has 1 aromatic heterocycles. The molecule has 24 heavy (non-hydrogen) atoms. The molecule has 126 valence electrons. The average molecular weight is 352 g/mol. The Balaban J connectivity index is 1.85. The minimum Gasteiger partial charge on any atom is -0.322 e. The summed E-state index contributed by atoms with van der Waals surface area (Å²) in [5.74, 6) is 0.663. The Hall–Kier alpha value is -2.02. The van der Waals surface area contributed by atoms with Gasteiger partial charge in [-0.2, -0.15) is 13.2 Å². The van der Waals surface area contributed by atoms with E-state index in [0.717, 1.165) is 17.7 Å². The third-order valence-corrected chi connectivity index (χ3v) is 5.08. The van der Waals surface area contributed by atoms with Crippen LogP contribution in [0.4, 0.5) is 13.2 Å². The van der Waals surface area contributed by atoms with Gasteiger partial charge in [-0.1, -0.05) is 18.2 Å². The van der Waals surface area contributed by atoms with Crippen molar-refractivity contribution < 1.29 is 18.0 Å². The van der Waals surface area contributed by atoms with Gasteiger partial charge in [0.2, 0.25) is 5.91 Å². The van der Waals surface area contributed by atoms with Crippen molar-refractivity contribution in [2.75, 3.05) is 5.75 Å². The first-order valence-electron chi connectivity index (χ1n) is 7.42. The van der Waals surface area contributed by atoms with Gasteiger partial charge in [0.05, 0.1) is 5.56 Å². The van der Waals surface area contributed by atoms with Crippen LogP contribution < -0.4 is 0 Å². The highest BCUT2D eigenvalue weighted by atomic mass is 32.2. The van der Waals surface area contributed by atoms with Crippen molar-refractivity contribution in [3.63, 3.8) is 0 Å². The fourth-order valence-electron chi connectivity index (χ4n) is 2.59. The molecule has 2 aromatic rings. The molecule has 0 radical (unpaired) electrons. The second-order valence-electron chi connectivity index (χ2n) is 5.48. The first-order chi connectivity index (χ1) is 11.4. The van der Waals surface area contributed by atoms with Gasteiger partial charge in [0, 0.05) is 31.1 Å². The zero-order chi connectivity index (χ0) is 17.2. The molecule has 0 saturated carbocycles. The monoisotopic (exact) mass is 352 g/mol. The number of alkyl halides is 3. The molecule has 1 amide bonds. The summed E-state index contributed by atoms with van der Waals surface area (Å²) in [4.78, 5) is 18.1. The summed E-state index contributed by atoms with van der Waals surface area (Å²) >= 11 is 1.56. The van der Waals surface area contributed by atoms with Gasteiger partial charge in [0.1, 0.15) is 5.37 Å². The Bertz CT molecular complexity index is 704. The van der Waals surface area contributed by atoms with Crippen LogP contribution in [-0.2, 0) is 17.5 Å². The molecule has 0 spiro atoms. The number of benzene rings is 1. The standard InChI is InChI=1S/C17H15F3N2OS/c18-17(19,20)14-5-3-13(4-6-14)16-22(15(23)7-9-24-16)11-12-2-1-8-21-10-12/h1-6,8,10,16H,7,9,11H2. The number of amides is 1. The minimum atomic E-state index is -4.36. The summed E-state index contributed by atoms with van der Waals surface area (Å²) in [5, 5.41) is -0.284. The Labute approximate surface area is 141 Å². The Morgan fingerprint density at radius 2 is 1.96 bits per heavy atom. The van der Waals surface area contributed by atoms with E-state index in [1.807, 2.05) is 6.07 Å². The van der Waals surface area contributed by atoms with Gasteiger partial charge in [0.15, 0.2) is 0 Å². The van der Waals surface area contributed by atoms with Crippen molar-refractivity contribution in [1.29, 1.82) is 0 Å². The second-order valence-corrected chi connectivity index (χ2v) is 6.66. The molecule has 1 atom stereocenters. The number of rotatable bonds is 3. The summed E-state index contributed by atoms with van der Waals surface area (Å²) in [5.41, 5.74) is 0.910. The number of thioether (sulfide) groups is 1. The molecule has 0 bridgehead atoms. The van der Waals surface area contributed by atoms with E-state index in [-0.39, 0.29) is 11.3 Å². The quantitative estimate of drug-likeness (QED) is 0.827. The molecule has 7 heteroatoms. The van der Waals surface area contributed by atoms with Gasteiger partial charge in [-0.25, -0.2) is 0 Å². The number of halogens is 3. The van der Waals surface area contributed by atoms with E-state index < -0.39 is 11.7 Å². The van der Waals surface area contributed by atoms with E-state index in [9.17, 15) is 18.0 Å². The topological polar surface area (TPSA) is 33.2 Å². The number of nitrogens with zero attached hydrogens (tertiary/aromatic N) is 2. The maximum atomic E-state index is 12.7. The van der Waals surface area contributed by atoms with E-state index in [1.165, 1.54) is 12.1 Å². The number of pyridine rings is 1. The lowest BCUT2D eigenvalue weighted by Crippen LogP contribution is -2.36. The van der Waals surface area contributed by atoms with Crippen LogP contribution in [0.15, 0.2) is 48.8 Å². The third-order valence-electron chi connectivity index (χ3n) is 3.79. The minimum absolute atomic E-state index is 0.00232. The smallest absolute Gasteiger partial charge is 0.322 e. The molecule has 3 rings (SSSR count). The summed E-state index contributed by atoms with van der Waals surface area (Å²) in [6, 6.07) is 8.71. The largest absolute Gasteiger partial charge is 0.416 e. The van der Waals surface area contributed by atoms with Crippen LogP contribution >= 0.6 is 11.8 Å². The lowest BCUT2D eigenvalue weighted by molar-refractivity contribution is -0.137. The lowest BCUT2D eigenvalue weighted by Gasteiger charge is -2.35. The molecule has 3 nitrogen and oxygen atoms in total. The molecule has 2 heterocycles. The molecule has 1 aliphatic rings. The molecule has 0 aliphatic carbocycles. The van der Waals surface area contributed by atoms with Crippen molar-refractivity contribution in [2.24, 2.45) is 0 Å². The highest BCUT2D eigenvalue weighted by Gasteiger charge is 2.32. The van der Waals surface area contributed by atoms with E-state index in [1.54, 1.807) is 35.1 Å². The van der Waals surface area contributed by atoms with Crippen LogP contribution in [0.3, 0.4) is 0 Å². The highest BCUT2D eigenvalue weighted by Crippen LogP contribution is 2.39. The van der Waals surface area contributed by atoms with E-state index in [2.05, 4.69) is 4.98 Å². The van der Waals surface area contributed by atoms with Gasteiger partial charge in [0.25, 0.3) is 0 Å². The van der Waals surface area contributed by atoms with Crippen molar-refractivity contribution >= 4 is 17.7 Å². The van der Waals surface area contributed by atoms with E-state index in [4.69, 9.17) is 0 Å². The third kappa shape index (κ3) is 3.72.